The maximum Gasteiger partial charge on any atom is 0.122 e. The summed E-state index contributed by atoms with van der Waals surface area (Å²) in [5.74, 6) is 0.972. The molecule has 0 spiro atoms. The molecule has 1 aliphatic rings. The lowest BCUT2D eigenvalue weighted by Crippen LogP contribution is -2.46. The van der Waals surface area contributed by atoms with Crippen LogP contribution in [0, 0.1) is 12.3 Å². The van der Waals surface area contributed by atoms with Gasteiger partial charge in [-0.1, -0.05) is 31.5 Å². The van der Waals surface area contributed by atoms with Crippen LogP contribution in [0.1, 0.15) is 50.7 Å². The molecule has 19 heavy (non-hydrogen) atoms. The van der Waals surface area contributed by atoms with Gasteiger partial charge in [0.1, 0.15) is 5.75 Å². The summed E-state index contributed by atoms with van der Waals surface area (Å²) >= 11 is 0. The van der Waals surface area contributed by atoms with Crippen molar-refractivity contribution in [2.45, 2.75) is 58.4 Å². The highest BCUT2D eigenvalue weighted by Gasteiger charge is 2.35. The first-order valence-corrected chi connectivity index (χ1v) is 7.26. The summed E-state index contributed by atoms with van der Waals surface area (Å²) in [4.78, 5) is 0. The molecule has 2 rings (SSSR count). The summed E-state index contributed by atoms with van der Waals surface area (Å²) in [5.41, 5.74) is 9.56. The molecule has 0 unspecified atom stereocenters. The number of benzene rings is 1. The van der Waals surface area contributed by atoms with Gasteiger partial charge in [0, 0.05) is 5.54 Å². The molecule has 0 aliphatic heterocycles. The van der Waals surface area contributed by atoms with E-state index < -0.39 is 0 Å². The van der Waals surface area contributed by atoms with Crippen molar-refractivity contribution in [2.75, 3.05) is 7.11 Å². The maximum atomic E-state index is 6.63. The van der Waals surface area contributed by atoms with Crippen molar-refractivity contribution in [3.05, 3.63) is 29.3 Å². The zero-order chi connectivity index (χ0) is 14.1. The van der Waals surface area contributed by atoms with E-state index >= 15 is 0 Å². The minimum atomic E-state index is -0.0589. The van der Waals surface area contributed by atoms with Gasteiger partial charge in [0.25, 0.3) is 0 Å². The fourth-order valence-electron chi connectivity index (χ4n) is 3.03. The molecule has 2 nitrogen and oxygen atoms in total. The first kappa shape index (κ1) is 14.4. The van der Waals surface area contributed by atoms with Crippen molar-refractivity contribution in [2.24, 2.45) is 11.1 Å². The number of rotatable bonds is 3. The van der Waals surface area contributed by atoms with E-state index in [0.29, 0.717) is 5.41 Å². The Morgan fingerprint density at radius 2 is 1.79 bits per heavy atom. The largest absolute Gasteiger partial charge is 0.496 e. The average Bonchev–Trinajstić information content (AvgIpc) is 2.34. The summed E-state index contributed by atoms with van der Waals surface area (Å²) in [6, 6.07) is 6.36. The minimum absolute atomic E-state index is 0.0589. The molecule has 0 heterocycles. The predicted molar refractivity (Wildman–Crippen MR) is 80.6 cm³/mol. The van der Waals surface area contributed by atoms with E-state index in [-0.39, 0.29) is 5.54 Å². The van der Waals surface area contributed by atoms with Gasteiger partial charge < -0.3 is 10.5 Å². The van der Waals surface area contributed by atoms with Crippen LogP contribution in [0.5, 0.6) is 5.75 Å². The van der Waals surface area contributed by atoms with Gasteiger partial charge in [0.2, 0.25) is 0 Å². The quantitative estimate of drug-likeness (QED) is 0.897. The first-order chi connectivity index (χ1) is 8.84. The predicted octanol–water partition coefficient (Wildman–Crippen LogP) is 3.84. The third kappa shape index (κ3) is 3.50. The summed E-state index contributed by atoms with van der Waals surface area (Å²) in [6.07, 6.45) is 5.58. The molecule has 0 amide bonds. The van der Waals surface area contributed by atoms with Crippen molar-refractivity contribution < 1.29 is 4.74 Å². The molecular formula is C17H27NO. The number of ether oxygens (including phenoxy) is 1. The van der Waals surface area contributed by atoms with Crippen LogP contribution in [0.2, 0.25) is 0 Å². The van der Waals surface area contributed by atoms with Crippen LogP contribution < -0.4 is 10.5 Å². The molecule has 106 valence electrons. The Balaban J connectivity index is 2.15. The highest BCUT2D eigenvalue weighted by Crippen LogP contribution is 2.41. The van der Waals surface area contributed by atoms with Gasteiger partial charge in [0.15, 0.2) is 0 Å². The third-order valence-electron chi connectivity index (χ3n) is 4.58. The fraction of sp³-hybridized carbons (Fsp3) is 0.647. The molecule has 0 radical (unpaired) electrons. The normalized spacial score (nSPS) is 21.1. The Hall–Kier alpha value is -1.02. The molecule has 0 saturated heterocycles. The van der Waals surface area contributed by atoms with Crippen LogP contribution in [0.15, 0.2) is 18.2 Å². The van der Waals surface area contributed by atoms with Crippen molar-refractivity contribution in [3.63, 3.8) is 0 Å². The Bertz CT molecular complexity index is 441. The summed E-state index contributed by atoms with van der Waals surface area (Å²) in [5, 5.41) is 0. The molecule has 0 aromatic heterocycles. The SMILES string of the molecule is COc1ccc(C)cc1CC1(N)CCC(C)(C)CC1. The van der Waals surface area contributed by atoms with Crippen molar-refractivity contribution in [3.8, 4) is 5.75 Å². The van der Waals surface area contributed by atoms with E-state index in [1.165, 1.54) is 24.0 Å². The molecule has 1 saturated carbocycles. The summed E-state index contributed by atoms with van der Waals surface area (Å²) in [6.45, 7) is 6.82. The standard InChI is InChI=1S/C17H27NO/c1-13-5-6-15(19-4)14(11-13)12-17(18)9-7-16(2,3)8-10-17/h5-6,11H,7-10,12,18H2,1-4H3. The second kappa shape index (κ2) is 5.16. The van der Waals surface area contributed by atoms with Crippen LogP contribution in [0.3, 0.4) is 0 Å². The number of hydrogen-bond donors (Lipinski definition) is 1. The molecule has 2 heteroatoms. The van der Waals surface area contributed by atoms with Crippen LogP contribution in [0.4, 0.5) is 0 Å². The topological polar surface area (TPSA) is 35.2 Å². The Kier molecular flexibility index (Phi) is 3.91. The van der Waals surface area contributed by atoms with Crippen molar-refractivity contribution in [1.29, 1.82) is 0 Å². The zero-order valence-corrected chi connectivity index (χ0v) is 12.8. The molecule has 2 N–H and O–H groups in total. The van der Waals surface area contributed by atoms with Gasteiger partial charge in [-0.3, -0.25) is 0 Å². The molecule has 0 atom stereocenters. The van der Waals surface area contributed by atoms with Gasteiger partial charge >= 0.3 is 0 Å². The fourth-order valence-corrected chi connectivity index (χ4v) is 3.03. The van der Waals surface area contributed by atoms with Crippen LogP contribution in [0.25, 0.3) is 0 Å². The van der Waals surface area contributed by atoms with E-state index in [1.54, 1.807) is 7.11 Å². The van der Waals surface area contributed by atoms with Gasteiger partial charge in [-0.05, 0) is 56.1 Å². The average molecular weight is 261 g/mol. The Labute approximate surface area is 117 Å². The Morgan fingerprint density at radius 3 is 2.37 bits per heavy atom. The van der Waals surface area contributed by atoms with E-state index in [0.717, 1.165) is 25.0 Å². The lowest BCUT2D eigenvalue weighted by Gasteiger charge is -2.41. The number of methoxy groups -OCH3 is 1. The van der Waals surface area contributed by atoms with Crippen LogP contribution in [-0.2, 0) is 6.42 Å². The van der Waals surface area contributed by atoms with Crippen LogP contribution in [-0.4, -0.2) is 12.6 Å². The third-order valence-corrected chi connectivity index (χ3v) is 4.58. The number of hydrogen-bond acceptors (Lipinski definition) is 2. The lowest BCUT2D eigenvalue weighted by molar-refractivity contribution is 0.164. The van der Waals surface area contributed by atoms with Crippen molar-refractivity contribution in [1.82, 2.24) is 0 Å². The monoisotopic (exact) mass is 261 g/mol. The molecule has 1 aromatic rings. The molecule has 1 fully saturated rings. The lowest BCUT2D eigenvalue weighted by atomic mass is 9.68. The maximum absolute atomic E-state index is 6.63. The molecular weight excluding hydrogens is 234 g/mol. The number of nitrogens with two attached hydrogens (primary N) is 1. The number of aryl methyl sites for hydroxylation is 1. The van der Waals surface area contributed by atoms with Crippen molar-refractivity contribution >= 4 is 0 Å². The molecule has 1 aromatic carbocycles. The van der Waals surface area contributed by atoms with E-state index in [4.69, 9.17) is 10.5 Å². The van der Waals surface area contributed by atoms with Gasteiger partial charge in [-0.25, -0.2) is 0 Å². The molecule has 0 bridgehead atoms. The van der Waals surface area contributed by atoms with Gasteiger partial charge in [0.05, 0.1) is 7.11 Å². The highest BCUT2D eigenvalue weighted by atomic mass is 16.5. The van der Waals surface area contributed by atoms with E-state index in [2.05, 4.69) is 39.0 Å². The van der Waals surface area contributed by atoms with Gasteiger partial charge in [-0.2, -0.15) is 0 Å². The van der Waals surface area contributed by atoms with Gasteiger partial charge in [-0.15, -0.1) is 0 Å². The summed E-state index contributed by atoms with van der Waals surface area (Å²) < 4.78 is 5.47. The smallest absolute Gasteiger partial charge is 0.122 e. The molecule has 1 aliphatic carbocycles. The minimum Gasteiger partial charge on any atom is -0.496 e. The van der Waals surface area contributed by atoms with Crippen LogP contribution >= 0.6 is 0 Å². The Morgan fingerprint density at radius 1 is 1.16 bits per heavy atom. The van der Waals surface area contributed by atoms with E-state index in [9.17, 15) is 0 Å². The second-order valence-electron chi connectivity index (χ2n) is 7.02. The zero-order valence-electron chi connectivity index (χ0n) is 12.8. The second-order valence-corrected chi connectivity index (χ2v) is 7.02. The highest BCUT2D eigenvalue weighted by molar-refractivity contribution is 5.38. The van der Waals surface area contributed by atoms with E-state index in [1.807, 2.05) is 0 Å². The first-order valence-electron chi connectivity index (χ1n) is 7.26. The summed E-state index contributed by atoms with van der Waals surface area (Å²) in [7, 11) is 1.74.